The summed E-state index contributed by atoms with van der Waals surface area (Å²) in [5, 5.41) is 21.4. The molecular weight excluding hydrogens is 306 g/mol. The zero-order valence-electron chi connectivity index (χ0n) is 10.4. The molecule has 11 heteroatoms. The minimum atomic E-state index is -3.46. The Balaban J connectivity index is 2.13. The second-order valence-corrected chi connectivity index (χ2v) is 7.20. The van der Waals surface area contributed by atoms with E-state index in [0.717, 1.165) is 23.7 Å². The number of rotatable bonds is 6. The normalized spacial score (nSPS) is 11.4. The molecule has 9 nitrogen and oxygen atoms in total. The zero-order chi connectivity index (χ0) is 14.8. The van der Waals surface area contributed by atoms with Crippen molar-refractivity contribution in [3.8, 4) is 0 Å². The first-order valence-electron chi connectivity index (χ1n) is 5.44. The molecule has 0 fully saturated rings. The van der Waals surface area contributed by atoms with Crippen LogP contribution in [0.5, 0.6) is 0 Å². The first-order chi connectivity index (χ1) is 9.38. The molecule has 0 saturated heterocycles. The van der Waals surface area contributed by atoms with E-state index < -0.39 is 14.8 Å². The fraction of sp³-hybridized carbons (Fsp3) is 0.333. The van der Waals surface area contributed by atoms with Crippen LogP contribution in [-0.2, 0) is 16.4 Å². The fourth-order valence-electron chi connectivity index (χ4n) is 1.44. The first kappa shape index (κ1) is 14.4. The molecule has 2 aromatic rings. The number of nitro groups is 1. The molecule has 0 aromatic carbocycles. The van der Waals surface area contributed by atoms with Gasteiger partial charge >= 0.3 is 5.69 Å². The minimum Gasteiger partial charge on any atom is -0.369 e. The van der Waals surface area contributed by atoms with Gasteiger partial charge in [0, 0.05) is 25.1 Å². The molecule has 0 aliphatic heterocycles. The van der Waals surface area contributed by atoms with Crippen LogP contribution in [0.1, 0.15) is 0 Å². The summed E-state index contributed by atoms with van der Waals surface area (Å²) in [6.07, 6.45) is 4.20. The lowest BCUT2D eigenvalue weighted by Gasteiger charge is -2.02. The summed E-state index contributed by atoms with van der Waals surface area (Å²) < 4.78 is 24.4. The Kier molecular flexibility index (Phi) is 3.99. The van der Waals surface area contributed by atoms with Gasteiger partial charge in [-0.2, -0.15) is 0 Å². The van der Waals surface area contributed by atoms with Gasteiger partial charge in [-0.15, -0.1) is 5.10 Å². The van der Waals surface area contributed by atoms with E-state index in [0.29, 0.717) is 13.1 Å². The van der Waals surface area contributed by atoms with Crippen molar-refractivity contribution in [2.45, 2.75) is 10.8 Å². The van der Waals surface area contributed by atoms with Crippen LogP contribution in [0.4, 0.5) is 10.7 Å². The highest BCUT2D eigenvalue weighted by molar-refractivity contribution is 7.92. The molecule has 0 radical (unpaired) electrons. The Bertz CT molecular complexity index is 707. The van der Waals surface area contributed by atoms with Gasteiger partial charge in [0.15, 0.2) is 14.8 Å². The summed E-state index contributed by atoms with van der Waals surface area (Å²) in [5.41, 5.74) is -0.242. The third kappa shape index (κ3) is 3.30. The summed E-state index contributed by atoms with van der Waals surface area (Å²) in [4.78, 5) is 10.3. The third-order valence-electron chi connectivity index (χ3n) is 2.35. The molecule has 2 heterocycles. The maximum Gasteiger partial charge on any atom is 0.304 e. The van der Waals surface area contributed by atoms with Crippen LogP contribution in [0.2, 0.25) is 0 Å². The molecule has 0 spiro atoms. The van der Waals surface area contributed by atoms with Crippen LogP contribution in [0.25, 0.3) is 0 Å². The monoisotopic (exact) mass is 317 g/mol. The number of aromatic nitrogens is 3. The van der Waals surface area contributed by atoms with E-state index in [2.05, 4.69) is 15.6 Å². The number of nitrogens with zero attached hydrogens (tertiary/aromatic N) is 4. The highest BCUT2D eigenvalue weighted by Gasteiger charge is 2.23. The Morgan fingerprint density at radius 1 is 1.55 bits per heavy atom. The summed E-state index contributed by atoms with van der Waals surface area (Å²) in [6, 6.07) is 1.07. The van der Waals surface area contributed by atoms with Crippen molar-refractivity contribution < 1.29 is 13.3 Å². The van der Waals surface area contributed by atoms with Crippen LogP contribution < -0.4 is 5.32 Å². The van der Waals surface area contributed by atoms with Gasteiger partial charge in [0.05, 0.1) is 17.7 Å². The maximum absolute atomic E-state index is 11.4. The van der Waals surface area contributed by atoms with E-state index in [1.165, 1.54) is 6.20 Å². The van der Waals surface area contributed by atoms with E-state index in [-0.39, 0.29) is 14.9 Å². The number of anilines is 1. The molecule has 0 atom stereocenters. The van der Waals surface area contributed by atoms with Crippen LogP contribution in [0, 0.1) is 10.1 Å². The standard InChI is InChI=1S/C9H11N5O4S2/c1-20(17,18)8-6-7(14(15)16)9(19-8)10-2-4-13-5-3-11-12-13/h3,5-6,10H,2,4H2,1H3. The molecule has 2 rings (SSSR count). The predicted molar refractivity (Wildman–Crippen MR) is 72.6 cm³/mol. The van der Waals surface area contributed by atoms with Crippen LogP contribution in [-0.4, -0.2) is 41.1 Å². The SMILES string of the molecule is CS(=O)(=O)c1cc([N+](=O)[O-])c(NCCn2ccnn2)s1. The molecule has 20 heavy (non-hydrogen) atoms. The topological polar surface area (TPSA) is 120 Å². The second kappa shape index (κ2) is 5.54. The zero-order valence-corrected chi connectivity index (χ0v) is 12.0. The molecule has 0 aliphatic rings. The third-order valence-corrected chi connectivity index (χ3v) is 5.23. The van der Waals surface area contributed by atoms with Crippen molar-refractivity contribution in [2.75, 3.05) is 18.1 Å². The molecule has 0 saturated carbocycles. The summed E-state index contributed by atoms with van der Waals surface area (Å²) in [6.45, 7) is 0.831. The maximum atomic E-state index is 11.4. The van der Waals surface area contributed by atoms with Gasteiger partial charge in [0.2, 0.25) is 0 Å². The molecule has 0 unspecified atom stereocenters. The van der Waals surface area contributed by atoms with Crippen LogP contribution in [0.15, 0.2) is 22.7 Å². The largest absolute Gasteiger partial charge is 0.369 e. The van der Waals surface area contributed by atoms with Gasteiger partial charge in [-0.3, -0.25) is 14.8 Å². The molecule has 0 bridgehead atoms. The van der Waals surface area contributed by atoms with E-state index in [1.807, 2.05) is 0 Å². The quantitative estimate of drug-likeness (QED) is 0.617. The van der Waals surface area contributed by atoms with E-state index in [4.69, 9.17) is 0 Å². The Morgan fingerprint density at radius 2 is 2.30 bits per heavy atom. The van der Waals surface area contributed by atoms with Gasteiger partial charge in [-0.05, 0) is 0 Å². The number of hydrogen-bond acceptors (Lipinski definition) is 8. The summed E-state index contributed by atoms with van der Waals surface area (Å²) in [5.74, 6) is 0. The number of thiophene rings is 1. The summed E-state index contributed by atoms with van der Waals surface area (Å²) >= 11 is 0.846. The number of sulfone groups is 1. The molecule has 108 valence electrons. The van der Waals surface area contributed by atoms with Gasteiger partial charge in [0.25, 0.3) is 0 Å². The molecule has 1 N–H and O–H groups in total. The lowest BCUT2D eigenvalue weighted by atomic mass is 10.5. The molecular formula is C9H11N5O4S2. The van der Waals surface area contributed by atoms with Crippen molar-refractivity contribution in [3.05, 3.63) is 28.6 Å². The summed E-state index contributed by atoms with van der Waals surface area (Å²) in [7, 11) is -3.46. The van der Waals surface area contributed by atoms with Crippen molar-refractivity contribution in [2.24, 2.45) is 0 Å². The number of hydrogen-bond donors (Lipinski definition) is 1. The molecule has 0 aliphatic carbocycles. The predicted octanol–water partition coefficient (Wildman–Crippen LogP) is 0.763. The van der Waals surface area contributed by atoms with Gasteiger partial charge in [-0.25, -0.2) is 8.42 Å². The van der Waals surface area contributed by atoms with E-state index in [1.54, 1.807) is 10.9 Å². The van der Waals surface area contributed by atoms with Gasteiger partial charge in [0.1, 0.15) is 4.21 Å². The molecule has 2 aromatic heterocycles. The van der Waals surface area contributed by atoms with Crippen molar-refractivity contribution in [1.82, 2.24) is 15.0 Å². The van der Waals surface area contributed by atoms with Crippen molar-refractivity contribution in [1.29, 1.82) is 0 Å². The van der Waals surface area contributed by atoms with Crippen molar-refractivity contribution in [3.63, 3.8) is 0 Å². The first-order valence-corrected chi connectivity index (χ1v) is 8.15. The Morgan fingerprint density at radius 3 is 2.85 bits per heavy atom. The lowest BCUT2D eigenvalue weighted by molar-refractivity contribution is -0.383. The highest BCUT2D eigenvalue weighted by Crippen LogP contribution is 2.36. The fourth-order valence-corrected chi connectivity index (χ4v) is 3.41. The number of nitrogens with one attached hydrogen (secondary N) is 1. The van der Waals surface area contributed by atoms with Crippen LogP contribution >= 0.6 is 11.3 Å². The average Bonchev–Trinajstić information content (AvgIpc) is 2.96. The van der Waals surface area contributed by atoms with Crippen molar-refractivity contribution >= 4 is 31.9 Å². The lowest BCUT2D eigenvalue weighted by Crippen LogP contribution is -2.11. The Hall–Kier alpha value is -2.01. The van der Waals surface area contributed by atoms with E-state index >= 15 is 0 Å². The van der Waals surface area contributed by atoms with E-state index in [9.17, 15) is 18.5 Å². The van der Waals surface area contributed by atoms with Gasteiger partial charge in [-0.1, -0.05) is 16.6 Å². The van der Waals surface area contributed by atoms with Gasteiger partial charge < -0.3 is 5.32 Å². The molecule has 0 amide bonds. The average molecular weight is 317 g/mol. The smallest absolute Gasteiger partial charge is 0.304 e. The van der Waals surface area contributed by atoms with Crippen LogP contribution in [0.3, 0.4) is 0 Å². The highest BCUT2D eigenvalue weighted by atomic mass is 32.2. The minimum absolute atomic E-state index is 0.0348. The second-order valence-electron chi connectivity index (χ2n) is 3.90. The Labute approximate surface area is 118 Å².